The number of quaternary nitrogens is 1. The molecule has 1 saturated heterocycles. The number of nitrogens with one attached hydrogen (secondary N) is 1. The summed E-state index contributed by atoms with van der Waals surface area (Å²) in [5.41, 5.74) is 4.93. The van der Waals surface area contributed by atoms with Crippen LogP contribution < -0.4 is 9.80 Å². The number of piperazine rings is 1. The maximum absolute atomic E-state index is 12.7. The highest BCUT2D eigenvalue weighted by Crippen LogP contribution is 2.16. The molecule has 0 amide bonds. The molecule has 1 aliphatic rings. The lowest BCUT2D eigenvalue weighted by molar-refractivity contribution is -0.892. The second-order valence-corrected chi connectivity index (χ2v) is 7.28. The zero-order valence-corrected chi connectivity index (χ0v) is 16.1. The monoisotopic (exact) mass is 354 g/mol. The second-order valence-electron chi connectivity index (χ2n) is 7.28. The van der Waals surface area contributed by atoms with E-state index in [4.69, 9.17) is 0 Å². The van der Waals surface area contributed by atoms with Crippen molar-refractivity contribution in [2.45, 2.75) is 20.8 Å². The van der Waals surface area contributed by atoms with Gasteiger partial charge in [0.2, 0.25) is 5.78 Å². The van der Waals surface area contributed by atoms with E-state index in [0.717, 1.165) is 54.4 Å². The molecule has 1 aromatic heterocycles. The van der Waals surface area contributed by atoms with Crippen molar-refractivity contribution in [3.63, 3.8) is 0 Å². The van der Waals surface area contributed by atoms with Crippen LogP contribution in [0.25, 0.3) is 0 Å². The predicted octanol–water partition coefficient (Wildman–Crippen LogP) is 1.43. The fourth-order valence-electron chi connectivity index (χ4n) is 3.62. The molecule has 2 heterocycles. The first-order chi connectivity index (χ1) is 12.4. The Morgan fingerprint density at radius 3 is 2.19 bits per heavy atom. The second kappa shape index (κ2) is 7.46. The van der Waals surface area contributed by atoms with Gasteiger partial charge in [-0.05, 0) is 51.1 Å². The molecule has 0 unspecified atom stereocenters. The van der Waals surface area contributed by atoms with Gasteiger partial charge in [-0.25, -0.2) is 0 Å². The molecule has 0 bridgehead atoms. The van der Waals surface area contributed by atoms with E-state index in [1.807, 2.05) is 51.2 Å². The standard InChI is InChI=1S/C21H27N3O2/c1-15-13-20(16(2)22(15)4)21(26)14-23-9-11-24(12-10-23)19-7-5-18(6-8-19)17(3)25/h5-8,13H,9-12,14H2,1-4H3/p+1. The predicted molar refractivity (Wildman–Crippen MR) is 103 cm³/mol. The van der Waals surface area contributed by atoms with E-state index < -0.39 is 0 Å². The van der Waals surface area contributed by atoms with Crippen molar-refractivity contribution in [1.29, 1.82) is 0 Å². The molecule has 1 aromatic carbocycles. The summed E-state index contributed by atoms with van der Waals surface area (Å²) >= 11 is 0. The molecule has 0 atom stereocenters. The topological polar surface area (TPSA) is 46.8 Å². The van der Waals surface area contributed by atoms with Crippen LogP contribution in [0.5, 0.6) is 0 Å². The third-order valence-corrected chi connectivity index (χ3v) is 5.60. The number of rotatable bonds is 5. The van der Waals surface area contributed by atoms with Crippen LogP contribution in [0.2, 0.25) is 0 Å². The van der Waals surface area contributed by atoms with Crippen LogP contribution >= 0.6 is 0 Å². The van der Waals surface area contributed by atoms with Crippen molar-refractivity contribution in [2.75, 3.05) is 37.6 Å². The Balaban J connectivity index is 1.57. The van der Waals surface area contributed by atoms with Gasteiger partial charge in [-0.1, -0.05) is 0 Å². The molecule has 0 spiro atoms. The summed E-state index contributed by atoms with van der Waals surface area (Å²) in [6.45, 7) is 9.94. The molecule has 26 heavy (non-hydrogen) atoms. The van der Waals surface area contributed by atoms with E-state index >= 15 is 0 Å². The first kappa shape index (κ1) is 18.4. The van der Waals surface area contributed by atoms with Crippen molar-refractivity contribution >= 4 is 17.3 Å². The van der Waals surface area contributed by atoms with Crippen LogP contribution in [-0.2, 0) is 7.05 Å². The molecule has 0 radical (unpaired) electrons. The number of anilines is 1. The van der Waals surface area contributed by atoms with E-state index in [0.29, 0.717) is 6.54 Å². The first-order valence-corrected chi connectivity index (χ1v) is 9.22. The lowest BCUT2D eigenvalue weighted by atomic mass is 10.1. The Labute approximate surface area is 155 Å². The summed E-state index contributed by atoms with van der Waals surface area (Å²) in [6.07, 6.45) is 0. The molecule has 1 N–H and O–H groups in total. The number of aromatic nitrogens is 1. The molecule has 1 aliphatic heterocycles. The Morgan fingerprint density at radius 1 is 1.08 bits per heavy atom. The van der Waals surface area contributed by atoms with Gasteiger partial charge in [0.25, 0.3) is 0 Å². The summed E-state index contributed by atoms with van der Waals surface area (Å²) in [5.74, 6) is 0.330. The Kier molecular flexibility index (Phi) is 5.28. The van der Waals surface area contributed by atoms with E-state index in [2.05, 4.69) is 9.47 Å². The third-order valence-electron chi connectivity index (χ3n) is 5.60. The van der Waals surface area contributed by atoms with Gasteiger partial charge in [0.15, 0.2) is 5.78 Å². The van der Waals surface area contributed by atoms with E-state index in [-0.39, 0.29) is 11.6 Å². The summed E-state index contributed by atoms with van der Waals surface area (Å²) < 4.78 is 2.07. The van der Waals surface area contributed by atoms with Crippen LogP contribution in [0.3, 0.4) is 0 Å². The Morgan fingerprint density at radius 2 is 1.69 bits per heavy atom. The van der Waals surface area contributed by atoms with Crippen LogP contribution in [0.15, 0.2) is 30.3 Å². The molecular weight excluding hydrogens is 326 g/mol. The first-order valence-electron chi connectivity index (χ1n) is 9.22. The zero-order valence-electron chi connectivity index (χ0n) is 16.1. The highest BCUT2D eigenvalue weighted by molar-refractivity contribution is 5.98. The van der Waals surface area contributed by atoms with Crippen molar-refractivity contribution in [2.24, 2.45) is 7.05 Å². The number of carbonyl (C=O) groups excluding carboxylic acids is 2. The lowest BCUT2D eigenvalue weighted by Crippen LogP contribution is -3.15. The number of hydrogen-bond acceptors (Lipinski definition) is 3. The zero-order chi connectivity index (χ0) is 18.8. The smallest absolute Gasteiger partial charge is 0.218 e. The summed E-state index contributed by atoms with van der Waals surface area (Å²) in [5, 5.41) is 0. The summed E-state index contributed by atoms with van der Waals surface area (Å²) in [7, 11) is 2.00. The van der Waals surface area contributed by atoms with Crippen LogP contribution in [0, 0.1) is 13.8 Å². The summed E-state index contributed by atoms with van der Waals surface area (Å²) in [4.78, 5) is 27.7. The van der Waals surface area contributed by atoms with Crippen LogP contribution in [0.1, 0.15) is 39.0 Å². The lowest BCUT2D eigenvalue weighted by Gasteiger charge is -2.33. The Bertz CT molecular complexity index is 813. The summed E-state index contributed by atoms with van der Waals surface area (Å²) in [6, 6.07) is 9.82. The van der Waals surface area contributed by atoms with Gasteiger partial charge in [-0.3, -0.25) is 9.59 Å². The average molecular weight is 354 g/mol. The maximum atomic E-state index is 12.7. The highest BCUT2D eigenvalue weighted by atomic mass is 16.1. The molecule has 5 nitrogen and oxygen atoms in total. The molecule has 5 heteroatoms. The minimum atomic E-state index is 0.0933. The van der Waals surface area contributed by atoms with Crippen molar-refractivity contribution in [3.05, 3.63) is 52.8 Å². The quantitative estimate of drug-likeness (QED) is 0.827. The maximum Gasteiger partial charge on any atom is 0.218 e. The molecule has 0 saturated carbocycles. The van der Waals surface area contributed by atoms with E-state index in [9.17, 15) is 9.59 Å². The number of nitrogens with zero attached hydrogens (tertiary/aromatic N) is 2. The van der Waals surface area contributed by atoms with Gasteiger partial charge in [0.1, 0.15) is 6.54 Å². The highest BCUT2D eigenvalue weighted by Gasteiger charge is 2.24. The van der Waals surface area contributed by atoms with Gasteiger partial charge < -0.3 is 14.4 Å². The molecule has 2 aromatic rings. The SMILES string of the molecule is CC(=O)c1ccc(N2CC[NH+](CC(=O)c3cc(C)n(C)c3C)CC2)cc1. The normalized spacial score (nSPS) is 15.3. The number of benzene rings is 1. The van der Waals surface area contributed by atoms with Crippen LogP contribution in [0.4, 0.5) is 5.69 Å². The number of Topliss-reactive ketones (excluding diaryl/α,β-unsaturated/α-hetero) is 2. The fourth-order valence-corrected chi connectivity index (χ4v) is 3.62. The van der Waals surface area contributed by atoms with Crippen molar-refractivity contribution < 1.29 is 14.5 Å². The minimum absolute atomic E-state index is 0.0933. The number of ketones is 2. The van der Waals surface area contributed by atoms with Crippen molar-refractivity contribution in [1.82, 2.24) is 4.57 Å². The molecular formula is C21H28N3O2+. The molecule has 3 rings (SSSR count). The molecule has 138 valence electrons. The number of aryl methyl sites for hydroxylation is 1. The Hall–Kier alpha value is -2.40. The van der Waals surface area contributed by atoms with Gasteiger partial charge in [0, 0.05) is 35.2 Å². The van der Waals surface area contributed by atoms with Gasteiger partial charge in [-0.15, -0.1) is 0 Å². The third kappa shape index (κ3) is 3.73. The number of carbonyl (C=O) groups is 2. The molecule has 0 aliphatic carbocycles. The largest absolute Gasteiger partial charge is 0.360 e. The van der Waals surface area contributed by atoms with Gasteiger partial charge in [0.05, 0.1) is 26.2 Å². The van der Waals surface area contributed by atoms with Gasteiger partial charge in [-0.2, -0.15) is 0 Å². The average Bonchev–Trinajstić information content (AvgIpc) is 2.90. The van der Waals surface area contributed by atoms with E-state index in [1.54, 1.807) is 6.92 Å². The molecule has 1 fully saturated rings. The number of hydrogen-bond donors (Lipinski definition) is 1. The van der Waals surface area contributed by atoms with Crippen molar-refractivity contribution in [3.8, 4) is 0 Å². The van der Waals surface area contributed by atoms with E-state index in [1.165, 1.54) is 4.90 Å². The fraction of sp³-hybridized carbons (Fsp3) is 0.429. The van der Waals surface area contributed by atoms with Crippen LogP contribution in [-0.4, -0.2) is 48.9 Å². The minimum Gasteiger partial charge on any atom is -0.360 e. The van der Waals surface area contributed by atoms with Gasteiger partial charge >= 0.3 is 0 Å².